The van der Waals surface area contributed by atoms with Crippen LogP contribution >= 0.6 is 0 Å². The van der Waals surface area contributed by atoms with Crippen molar-refractivity contribution in [2.24, 2.45) is 29.1 Å². The van der Waals surface area contributed by atoms with Gasteiger partial charge in [-0.3, -0.25) is 24.1 Å². The van der Waals surface area contributed by atoms with Gasteiger partial charge in [0.25, 0.3) is 11.8 Å². The predicted octanol–water partition coefficient (Wildman–Crippen LogP) is 9.55. The normalized spacial score (nSPS) is 24.6. The standard InChI is InChI=1S/C35H59NO3.C11H16N2O4.2C2H6/c1-25(2)23-33(37)36-21-10-22-39-30-16-13-26(3)29(24-30)15-14-28-12-9-20-35(7)31(17-18-32(28)35)27(4)11-8-19-34(5,6)38;1-11(2,7-14)12-8(15)5-6-13-9(16)3-4-10(13)17;2*1-2/h14-15,25,27,30-32,38H,3,8-13,16-24H2,1-2,4-7H3,(H,36,37);3-4,14H,5-7H2,1-2H3,(H,12,15);2*1-2H3/b28-14+,29-15-;;;/t27-,30+,31?,32?,35?;;;/m1.../s1. The van der Waals surface area contributed by atoms with E-state index in [0.29, 0.717) is 36.8 Å². The number of aliphatic hydroxyl groups excluding tert-OH is 1. The third-order valence-electron chi connectivity index (χ3n) is 12.3. The second kappa shape index (κ2) is 27.1. The quantitative estimate of drug-likeness (QED) is 0.0795. The summed E-state index contributed by atoms with van der Waals surface area (Å²) in [7, 11) is 0. The number of fused-ring (bicyclic) bond motifs is 1. The van der Waals surface area contributed by atoms with Crippen molar-refractivity contribution in [2.45, 2.75) is 190 Å². The molecule has 4 rings (SSSR count). The van der Waals surface area contributed by atoms with Crippen LogP contribution in [0.1, 0.15) is 173 Å². The number of hydrogen-bond donors (Lipinski definition) is 4. The lowest BCUT2D eigenvalue weighted by molar-refractivity contribution is -0.137. The van der Waals surface area contributed by atoms with Crippen LogP contribution in [0.25, 0.3) is 0 Å². The van der Waals surface area contributed by atoms with Crippen molar-refractivity contribution in [3.63, 3.8) is 0 Å². The first-order valence-electron chi connectivity index (χ1n) is 23.4. The predicted molar refractivity (Wildman–Crippen MR) is 246 cm³/mol. The van der Waals surface area contributed by atoms with E-state index in [9.17, 15) is 24.3 Å². The molecule has 0 saturated heterocycles. The molecule has 10 nitrogen and oxygen atoms in total. The van der Waals surface area contributed by atoms with Crippen LogP contribution in [0.3, 0.4) is 0 Å². The molecular weight excluding hydrogens is 755 g/mol. The molecule has 60 heavy (non-hydrogen) atoms. The van der Waals surface area contributed by atoms with Gasteiger partial charge in [0.2, 0.25) is 11.8 Å². The van der Waals surface area contributed by atoms with E-state index in [0.717, 1.165) is 55.3 Å². The highest BCUT2D eigenvalue weighted by molar-refractivity contribution is 6.13. The van der Waals surface area contributed by atoms with Crippen LogP contribution in [0.15, 0.2) is 47.6 Å². The molecule has 3 aliphatic carbocycles. The monoisotopic (exact) mass is 842 g/mol. The Bertz CT molecular complexity index is 1440. The highest BCUT2D eigenvalue weighted by Gasteiger charge is 2.50. The fourth-order valence-corrected chi connectivity index (χ4v) is 9.13. The first-order valence-corrected chi connectivity index (χ1v) is 23.4. The molecule has 4 N–H and O–H groups in total. The molecule has 0 aromatic carbocycles. The molecule has 4 amide bonds. The van der Waals surface area contributed by atoms with E-state index in [1.807, 2.05) is 41.5 Å². The van der Waals surface area contributed by atoms with E-state index in [1.165, 1.54) is 61.8 Å². The number of imide groups is 1. The van der Waals surface area contributed by atoms with E-state index >= 15 is 0 Å². The SMILES string of the molecule is C=C1CC[C@H](OCCCNC(=O)CC(C)C)C/C1=C/C=C1\CCCC2(C)C1CCC2[C@H](C)CCCC(C)(C)O.CC.CC.CC(C)(CO)NC(=O)CCN1C(=O)C=CC1=O. The van der Waals surface area contributed by atoms with Crippen LogP contribution in [-0.2, 0) is 23.9 Å². The summed E-state index contributed by atoms with van der Waals surface area (Å²) in [5, 5.41) is 24.7. The highest BCUT2D eigenvalue weighted by Crippen LogP contribution is 2.60. The van der Waals surface area contributed by atoms with Gasteiger partial charge in [-0.25, -0.2) is 0 Å². The van der Waals surface area contributed by atoms with Gasteiger partial charge < -0.3 is 25.6 Å². The molecule has 4 aliphatic rings. The number of ether oxygens (including phenoxy) is 1. The summed E-state index contributed by atoms with van der Waals surface area (Å²) in [5.41, 5.74) is 3.47. The number of rotatable bonds is 18. The lowest BCUT2D eigenvalue weighted by atomic mass is 9.60. The summed E-state index contributed by atoms with van der Waals surface area (Å²) in [6.07, 6.45) is 21.8. The zero-order chi connectivity index (χ0) is 45.7. The summed E-state index contributed by atoms with van der Waals surface area (Å²) in [6.45, 7) is 30.1. The average molecular weight is 842 g/mol. The molecular formula is C50H87N3O7. The Hall–Kier alpha value is -3.08. The van der Waals surface area contributed by atoms with Crippen molar-refractivity contribution in [1.29, 1.82) is 0 Å². The Kier molecular flexibility index (Phi) is 24.8. The van der Waals surface area contributed by atoms with Gasteiger partial charge in [-0.2, -0.15) is 0 Å². The maximum absolute atomic E-state index is 11.8. The lowest BCUT2D eigenvalue weighted by Gasteiger charge is -2.44. The first-order chi connectivity index (χ1) is 28.2. The topological polar surface area (TPSA) is 145 Å². The minimum Gasteiger partial charge on any atom is -0.394 e. The summed E-state index contributed by atoms with van der Waals surface area (Å²) in [4.78, 5) is 46.7. The number of hydrogen-bond acceptors (Lipinski definition) is 7. The summed E-state index contributed by atoms with van der Waals surface area (Å²) < 4.78 is 6.23. The fraction of sp³-hybridized carbons (Fsp3) is 0.760. The number of nitrogens with zero attached hydrogens (tertiary/aromatic N) is 1. The largest absolute Gasteiger partial charge is 0.394 e. The minimum absolute atomic E-state index is 0.0303. The zero-order valence-electron chi connectivity index (χ0n) is 40.0. The molecule has 3 fully saturated rings. The Morgan fingerprint density at radius 2 is 1.63 bits per heavy atom. The summed E-state index contributed by atoms with van der Waals surface area (Å²) in [6, 6.07) is 0. The molecule has 3 unspecified atom stereocenters. The van der Waals surface area contributed by atoms with E-state index in [4.69, 9.17) is 9.84 Å². The van der Waals surface area contributed by atoms with Crippen LogP contribution < -0.4 is 10.6 Å². The number of nitrogens with one attached hydrogen (secondary N) is 2. The van der Waals surface area contributed by atoms with Gasteiger partial charge >= 0.3 is 0 Å². The minimum atomic E-state index is -0.700. The molecule has 0 aromatic heterocycles. The number of allylic oxidation sites excluding steroid dienone is 4. The molecule has 10 heteroatoms. The van der Waals surface area contributed by atoms with Crippen LogP contribution in [0.2, 0.25) is 0 Å². The van der Waals surface area contributed by atoms with Crippen molar-refractivity contribution in [3.05, 3.63) is 47.6 Å². The third kappa shape index (κ3) is 18.9. The molecule has 0 aromatic rings. The van der Waals surface area contributed by atoms with Gasteiger partial charge in [0.05, 0.1) is 23.9 Å². The fourth-order valence-electron chi connectivity index (χ4n) is 9.13. The lowest BCUT2D eigenvalue weighted by Crippen LogP contribution is -2.47. The highest BCUT2D eigenvalue weighted by atomic mass is 16.5. The zero-order valence-corrected chi connectivity index (χ0v) is 40.0. The molecule has 5 atom stereocenters. The average Bonchev–Trinajstić information content (AvgIpc) is 3.71. The van der Waals surface area contributed by atoms with Crippen molar-refractivity contribution < 1.29 is 34.1 Å². The third-order valence-corrected chi connectivity index (χ3v) is 12.3. The van der Waals surface area contributed by atoms with E-state index in [2.05, 4.69) is 57.1 Å². The van der Waals surface area contributed by atoms with E-state index < -0.39 is 23.0 Å². The molecule has 0 bridgehead atoms. The van der Waals surface area contributed by atoms with Crippen LogP contribution in [0.4, 0.5) is 0 Å². The van der Waals surface area contributed by atoms with Gasteiger partial charge in [-0.05, 0) is 127 Å². The Balaban J connectivity index is 0.000000715. The maximum atomic E-state index is 11.8. The number of carbonyl (C=O) groups excluding carboxylic acids is 4. The van der Waals surface area contributed by atoms with Gasteiger partial charge in [0, 0.05) is 44.7 Å². The smallest absolute Gasteiger partial charge is 0.253 e. The Morgan fingerprint density at radius 3 is 2.23 bits per heavy atom. The second-order valence-corrected chi connectivity index (χ2v) is 18.9. The Labute approximate surface area is 365 Å². The van der Waals surface area contributed by atoms with Crippen LogP contribution in [0.5, 0.6) is 0 Å². The maximum Gasteiger partial charge on any atom is 0.253 e. The van der Waals surface area contributed by atoms with Crippen molar-refractivity contribution in [1.82, 2.24) is 15.5 Å². The molecule has 344 valence electrons. The Morgan fingerprint density at radius 1 is 0.983 bits per heavy atom. The van der Waals surface area contributed by atoms with Crippen LogP contribution in [-0.4, -0.2) is 82.3 Å². The van der Waals surface area contributed by atoms with E-state index in [-0.39, 0.29) is 37.5 Å². The molecule has 0 spiro atoms. The van der Waals surface area contributed by atoms with Gasteiger partial charge in [0.15, 0.2) is 0 Å². The molecule has 1 heterocycles. The van der Waals surface area contributed by atoms with Crippen molar-refractivity contribution in [3.8, 4) is 0 Å². The van der Waals surface area contributed by atoms with E-state index in [1.54, 1.807) is 19.4 Å². The van der Waals surface area contributed by atoms with Crippen LogP contribution in [0, 0.1) is 29.1 Å². The van der Waals surface area contributed by atoms with Crippen molar-refractivity contribution >= 4 is 23.6 Å². The van der Waals surface area contributed by atoms with Gasteiger partial charge in [0.1, 0.15) is 0 Å². The number of amides is 4. The number of aliphatic hydroxyl groups is 2. The molecule has 0 radical (unpaired) electrons. The second-order valence-electron chi connectivity index (χ2n) is 18.9. The first kappa shape index (κ1) is 54.9. The number of carbonyl (C=O) groups is 4. The summed E-state index contributed by atoms with van der Waals surface area (Å²) in [5.74, 6) is 1.65. The summed E-state index contributed by atoms with van der Waals surface area (Å²) >= 11 is 0. The van der Waals surface area contributed by atoms with Crippen molar-refractivity contribution in [2.75, 3.05) is 26.3 Å². The molecule has 1 aliphatic heterocycles. The van der Waals surface area contributed by atoms with Gasteiger partial charge in [-0.1, -0.05) is 98.1 Å². The molecule has 3 saturated carbocycles. The van der Waals surface area contributed by atoms with Gasteiger partial charge in [-0.15, -0.1) is 0 Å².